The minimum Gasteiger partial charge on any atom is -0.492 e. The fraction of sp³-hybridized carbons (Fsp3) is 0.455. The maximum atomic E-state index is 9.06. The molecule has 0 aromatic heterocycles. The van der Waals surface area contributed by atoms with Crippen LogP contribution in [-0.4, -0.2) is 18.3 Å². The molecule has 0 aliphatic carbocycles. The summed E-state index contributed by atoms with van der Waals surface area (Å²) in [4.78, 5) is 0. The third-order valence-corrected chi connectivity index (χ3v) is 2.77. The molecule has 1 aromatic rings. The zero-order chi connectivity index (χ0) is 10.6. The Labute approximate surface area is 98.4 Å². The van der Waals surface area contributed by atoms with E-state index >= 15 is 0 Å². The van der Waals surface area contributed by atoms with Crippen molar-refractivity contribution in [2.45, 2.75) is 13.8 Å². The lowest BCUT2D eigenvalue weighted by molar-refractivity contribution is 0.0971. The first-order valence-corrected chi connectivity index (χ1v) is 5.61. The van der Waals surface area contributed by atoms with Gasteiger partial charge in [0.25, 0.3) is 0 Å². The second kappa shape index (κ2) is 4.98. The molecule has 0 saturated heterocycles. The zero-order valence-corrected chi connectivity index (χ0v) is 10.6. The van der Waals surface area contributed by atoms with Gasteiger partial charge in [0, 0.05) is 5.41 Å². The van der Waals surface area contributed by atoms with E-state index in [1.54, 1.807) is 0 Å². The van der Waals surface area contributed by atoms with Gasteiger partial charge in [-0.05, 0) is 34.7 Å². The normalized spacial score (nSPS) is 11.4. The van der Waals surface area contributed by atoms with Crippen molar-refractivity contribution >= 4 is 22.6 Å². The molecule has 0 saturated carbocycles. The van der Waals surface area contributed by atoms with E-state index in [1.807, 2.05) is 38.1 Å². The molecule has 0 unspecified atom stereocenters. The fourth-order valence-electron chi connectivity index (χ4n) is 0.881. The summed E-state index contributed by atoms with van der Waals surface area (Å²) in [5.74, 6) is 0.884. The second-order valence-corrected chi connectivity index (χ2v) is 5.20. The lowest BCUT2D eigenvalue weighted by atomic mass is 9.97. The molecule has 1 rings (SSSR count). The summed E-state index contributed by atoms with van der Waals surface area (Å²) >= 11 is 2.24. The average molecular weight is 306 g/mol. The third kappa shape index (κ3) is 3.46. The van der Waals surface area contributed by atoms with Crippen LogP contribution in [0.5, 0.6) is 5.75 Å². The number of para-hydroxylation sites is 1. The molecule has 0 atom stereocenters. The standard InChI is InChI=1S/C11H15IO2/c1-11(2,7-13)8-14-10-6-4-3-5-9(10)12/h3-6,13H,7-8H2,1-2H3. The number of hydrogen-bond acceptors (Lipinski definition) is 2. The van der Waals surface area contributed by atoms with Crippen LogP contribution in [0.1, 0.15) is 13.8 Å². The van der Waals surface area contributed by atoms with Crippen molar-refractivity contribution in [2.24, 2.45) is 5.41 Å². The highest BCUT2D eigenvalue weighted by atomic mass is 127. The van der Waals surface area contributed by atoms with Gasteiger partial charge in [-0.3, -0.25) is 0 Å². The fourth-order valence-corrected chi connectivity index (χ4v) is 1.42. The van der Waals surface area contributed by atoms with Crippen LogP contribution in [0.2, 0.25) is 0 Å². The van der Waals surface area contributed by atoms with E-state index < -0.39 is 0 Å². The molecular weight excluding hydrogens is 291 g/mol. The van der Waals surface area contributed by atoms with Crippen LogP contribution in [0, 0.1) is 8.99 Å². The number of aliphatic hydroxyl groups excluding tert-OH is 1. The third-order valence-electron chi connectivity index (χ3n) is 1.88. The lowest BCUT2D eigenvalue weighted by Gasteiger charge is -2.22. The Bertz CT molecular complexity index is 297. The lowest BCUT2D eigenvalue weighted by Crippen LogP contribution is -2.25. The van der Waals surface area contributed by atoms with Crippen LogP contribution in [0.4, 0.5) is 0 Å². The summed E-state index contributed by atoms with van der Waals surface area (Å²) in [7, 11) is 0. The largest absolute Gasteiger partial charge is 0.492 e. The molecule has 0 heterocycles. The van der Waals surface area contributed by atoms with E-state index in [-0.39, 0.29) is 12.0 Å². The molecular formula is C11H15IO2. The SMILES string of the molecule is CC(C)(CO)COc1ccccc1I. The topological polar surface area (TPSA) is 29.5 Å². The highest BCUT2D eigenvalue weighted by Gasteiger charge is 2.17. The van der Waals surface area contributed by atoms with Crippen molar-refractivity contribution in [3.63, 3.8) is 0 Å². The predicted molar refractivity (Wildman–Crippen MR) is 65.5 cm³/mol. The summed E-state index contributed by atoms with van der Waals surface area (Å²) in [6.07, 6.45) is 0. The van der Waals surface area contributed by atoms with Gasteiger partial charge >= 0.3 is 0 Å². The van der Waals surface area contributed by atoms with E-state index in [0.717, 1.165) is 9.32 Å². The summed E-state index contributed by atoms with van der Waals surface area (Å²) in [5, 5.41) is 9.06. The Hall–Kier alpha value is -0.290. The van der Waals surface area contributed by atoms with E-state index in [9.17, 15) is 0 Å². The van der Waals surface area contributed by atoms with Gasteiger partial charge in [0.2, 0.25) is 0 Å². The van der Waals surface area contributed by atoms with Gasteiger partial charge in [0.1, 0.15) is 5.75 Å². The van der Waals surface area contributed by atoms with Crippen molar-refractivity contribution in [1.29, 1.82) is 0 Å². The Morgan fingerprint density at radius 1 is 1.36 bits per heavy atom. The average Bonchev–Trinajstić information content (AvgIpc) is 2.17. The summed E-state index contributed by atoms with van der Waals surface area (Å²) in [6.45, 7) is 4.62. The highest BCUT2D eigenvalue weighted by molar-refractivity contribution is 14.1. The first-order chi connectivity index (χ1) is 6.55. The van der Waals surface area contributed by atoms with E-state index in [0.29, 0.717) is 6.61 Å². The Morgan fingerprint density at radius 3 is 2.57 bits per heavy atom. The van der Waals surface area contributed by atoms with E-state index in [4.69, 9.17) is 9.84 Å². The molecule has 14 heavy (non-hydrogen) atoms. The molecule has 3 heteroatoms. The Kier molecular flexibility index (Phi) is 4.19. The summed E-state index contributed by atoms with van der Waals surface area (Å²) < 4.78 is 6.72. The summed E-state index contributed by atoms with van der Waals surface area (Å²) in [5.41, 5.74) is -0.182. The molecule has 0 amide bonds. The van der Waals surface area contributed by atoms with Crippen LogP contribution < -0.4 is 4.74 Å². The minimum absolute atomic E-state index is 0.135. The van der Waals surface area contributed by atoms with Crippen LogP contribution in [-0.2, 0) is 0 Å². The Balaban J connectivity index is 2.58. The van der Waals surface area contributed by atoms with Crippen molar-refractivity contribution in [3.05, 3.63) is 27.8 Å². The van der Waals surface area contributed by atoms with E-state index in [1.165, 1.54) is 0 Å². The van der Waals surface area contributed by atoms with Crippen LogP contribution in [0.25, 0.3) is 0 Å². The molecule has 0 fully saturated rings. The zero-order valence-electron chi connectivity index (χ0n) is 8.46. The second-order valence-electron chi connectivity index (χ2n) is 4.04. The van der Waals surface area contributed by atoms with Crippen LogP contribution in [0.15, 0.2) is 24.3 Å². The monoisotopic (exact) mass is 306 g/mol. The van der Waals surface area contributed by atoms with Gasteiger partial charge in [0.05, 0.1) is 16.8 Å². The maximum Gasteiger partial charge on any atom is 0.132 e. The highest BCUT2D eigenvalue weighted by Crippen LogP contribution is 2.22. The smallest absolute Gasteiger partial charge is 0.132 e. The molecule has 1 N–H and O–H groups in total. The molecule has 0 spiro atoms. The molecule has 0 aliphatic rings. The quantitative estimate of drug-likeness (QED) is 0.867. The van der Waals surface area contributed by atoms with Gasteiger partial charge in [0.15, 0.2) is 0 Å². The van der Waals surface area contributed by atoms with Crippen molar-refractivity contribution in [1.82, 2.24) is 0 Å². The molecule has 0 bridgehead atoms. The number of ether oxygens (including phenoxy) is 1. The molecule has 78 valence electrons. The number of hydrogen-bond donors (Lipinski definition) is 1. The van der Waals surface area contributed by atoms with E-state index in [2.05, 4.69) is 22.6 Å². The first kappa shape index (κ1) is 11.8. The van der Waals surface area contributed by atoms with Gasteiger partial charge in [-0.2, -0.15) is 0 Å². The van der Waals surface area contributed by atoms with Gasteiger partial charge in [-0.25, -0.2) is 0 Å². The van der Waals surface area contributed by atoms with Gasteiger partial charge in [-0.1, -0.05) is 26.0 Å². The predicted octanol–water partition coefficient (Wildman–Crippen LogP) is 2.69. The van der Waals surface area contributed by atoms with Crippen molar-refractivity contribution in [3.8, 4) is 5.75 Å². The van der Waals surface area contributed by atoms with Gasteiger partial charge < -0.3 is 9.84 Å². The molecule has 0 radical (unpaired) electrons. The minimum atomic E-state index is -0.182. The molecule has 2 nitrogen and oxygen atoms in total. The number of rotatable bonds is 4. The first-order valence-electron chi connectivity index (χ1n) is 4.53. The van der Waals surface area contributed by atoms with Crippen LogP contribution in [0.3, 0.4) is 0 Å². The summed E-state index contributed by atoms with van der Waals surface area (Å²) in [6, 6.07) is 7.87. The van der Waals surface area contributed by atoms with Crippen molar-refractivity contribution in [2.75, 3.05) is 13.2 Å². The Morgan fingerprint density at radius 2 is 2.00 bits per heavy atom. The molecule has 0 aliphatic heterocycles. The molecule has 1 aromatic carbocycles. The number of benzene rings is 1. The number of halogens is 1. The van der Waals surface area contributed by atoms with Crippen molar-refractivity contribution < 1.29 is 9.84 Å². The van der Waals surface area contributed by atoms with Crippen LogP contribution >= 0.6 is 22.6 Å². The number of aliphatic hydroxyl groups is 1. The van der Waals surface area contributed by atoms with Gasteiger partial charge in [-0.15, -0.1) is 0 Å². The maximum absolute atomic E-state index is 9.06.